The molecule has 1 aromatic carbocycles. The molecule has 0 spiro atoms. The van der Waals surface area contributed by atoms with Crippen molar-refractivity contribution < 1.29 is 4.79 Å². The maximum absolute atomic E-state index is 12.5. The first-order valence-corrected chi connectivity index (χ1v) is 9.53. The van der Waals surface area contributed by atoms with Crippen LogP contribution in [0.5, 0.6) is 0 Å². The number of carbonyl (C=O) groups excluding carboxylic acids is 1. The molecule has 2 aliphatic rings. The van der Waals surface area contributed by atoms with Gasteiger partial charge in [-0.05, 0) is 49.9 Å². The molecule has 0 bridgehead atoms. The number of nitrogens with one attached hydrogen (secondary N) is 2. The summed E-state index contributed by atoms with van der Waals surface area (Å²) in [4.78, 5) is 23.2. The molecule has 2 heterocycles. The number of hydrogen-bond donors (Lipinski definition) is 2. The van der Waals surface area contributed by atoms with Crippen molar-refractivity contribution in [2.45, 2.75) is 44.6 Å². The van der Waals surface area contributed by atoms with Crippen LogP contribution in [0.15, 0.2) is 36.7 Å². The van der Waals surface area contributed by atoms with E-state index >= 15 is 0 Å². The Morgan fingerprint density at radius 3 is 2.46 bits per heavy atom. The van der Waals surface area contributed by atoms with Crippen molar-refractivity contribution in [2.24, 2.45) is 0 Å². The van der Waals surface area contributed by atoms with Crippen LogP contribution in [0.1, 0.15) is 49.0 Å². The molecule has 1 amide bonds. The zero-order chi connectivity index (χ0) is 17.8. The Morgan fingerprint density at radius 2 is 1.73 bits per heavy atom. The van der Waals surface area contributed by atoms with Crippen molar-refractivity contribution in [1.82, 2.24) is 9.97 Å². The quantitative estimate of drug-likeness (QED) is 0.860. The minimum Gasteiger partial charge on any atom is -0.372 e. The summed E-state index contributed by atoms with van der Waals surface area (Å²) in [6, 6.07) is 10.2. The topological polar surface area (TPSA) is 70.2 Å². The Labute approximate surface area is 154 Å². The van der Waals surface area contributed by atoms with Gasteiger partial charge in [0.25, 0.3) is 5.91 Å². The molecule has 1 saturated carbocycles. The predicted molar refractivity (Wildman–Crippen MR) is 104 cm³/mol. The van der Waals surface area contributed by atoms with Gasteiger partial charge in [0.2, 0.25) is 0 Å². The average molecular weight is 351 g/mol. The van der Waals surface area contributed by atoms with Gasteiger partial charge in [-0.25, -0.2) is 9.97 Å². The first-order valence-electron chi connectivity index (χ1n) is 9.53. The highest BCUT2D eigenvalue weighted by Crippen LogP contribution is 2.23. The predicted octanol–water partition coefficient (Wildman–Crippen LogP) is 3.68. The Kier molecular flexibility index (Phi) is 5.00. The van der Waals surface area contributed by atoms with Crippen molar-refractivity contribution in [1.29, 1.82) is 0 Å². The molecule has 2 N–H and O–H groups in total. The van der Waals surface area contributed by atoms with Gasteiger partial charge in [0.05, 0.1) is 0 Å². The molecular weight excluding hydrogens is 326 g/mol. The molecule has 1 aromatic heterocycles. The lowest BCUT2D eigenvalue weighted by molar-refractivity contribution is 0.102. The van der Waals surface area contributed by atoms with Crippen LogP contribution in [0, 0.1) is 0 Å². The zero-order valence-corrected chi connectivity index (χ0v) is 14.9. The minimum absolute atomic E-state index is 0.212. The van der Waals surface area contributed by atoms with E-state index in [1.807, 2.05) is 12.1 Å². The molecule has 26 heavy (non-hydrogen) atoms. The van der Waals surface area contributed by atoms with E-state index < -0.39 is 0 Å². The van der Waals surface area contributed by atoms with Crippen molar-refractivity contribution in [3.05, 3.63) is 42.4 Å². The van der Waals surface area contributed by atoms with Gasteiger partial charge >= 0.3 is 0 Å². The summed E-state index contributed by atoms with van der Waals surface area (Å²) < 4.78 is 0. The number of carbonyl (C=O) groups is 1. The van der Waals surface area contributed by atoms with Crippen molar-refractivity contribution >= 4 is 23.1 Å². The molecule has 6 heteroatoms. The maximum Gasteiger partial charge on any atom is 0.274 e. The van der Waals surface area contributed by atoms with E-state index in [1.54, 1.807) is 6.07 Å². The molecule has 1 aliphatic carbocycles. The van der Waals surface area contributed by atoms with Crippen LogP contribution in [-0.4, -0.2) is 35.0 Å². The Morgan fingerprint density at radius 1 is 1.00 bits per heavy atom. The second-order valence-electron chi connectivity index (χ2n) is 7.11. The van der Waals surface area contributed by atoms with E-state index in [-0.39, 0.29) is 5.91 Å². The standard InChI is InChI=1S/C20H25N5O/c26-20(18-13-19(22-14-21-18)23-15-5-1-2-6-15)24-16-7-9-17(10-8-16)25-11-3-4-12-25/h7-10,13-15H,1-6,11-12H2,(H,24,26)(H,21,22,23). The van der Waals surface area contributed by atoms with Crippen LogP contribution in [0.4, 0.5) is 17.2 Å². The summed E-state index contributed by atoms with van der Waals surface area (Å²) in [6.07, 6.45) is 8.78. The summed E-state index contributed by atoms with van der Waals surface area (Å²) in [5.74, 6) is 0.511. The second-order valence-corrected chi connectivity index (χ2v) is 7.11. The highest BCUT2D eigenvalue weighted by molar-refractivity contribution is 6.03. The molecule has 6 nitrogen and oxygen atoms in total. The lowest BCUT2D eigenvalue weighted by Gasteiger charge is -2.17. The Hall–Kier alpha value is -2.63. The van der Waals surface area contributed by atoms with Crippen LogP contribution in [0.2, 0.25) is 0 Å². The third-order valence-electron chi connectivity index (χ3n) is 5.20. The van der Waals surface area contributed by atoms with Crippen LogP contribution in [-0.2, 0) is 0 Å². The SMILES string of the molecule is O=C(Nc1ccc(N2CCCC2)cc1)c1cc(NC2CCCC2)ncn1. The van der Waals surface area contributed by atoms with E-state index in [1.165, 1.54) is 37.7 Å². The van der Waals surface area contributed by atoms with E-state index in [9.17, 15) is 4.79 Å². The summed E-state index contributed by atoms with van der Waals surface area (Å²) in [6.45, 7) is 2.23. The van der Waals surface area contributed by atoms with E-state index in [0.717, 1.165) is 37.4 Å². The Balaban J connectivity index is 1.39. The smallest absolute Gasteiger partial charge is 0.274 e. The summed E-state index contributed by atoms with van der Waals surface area (Å²) in [7, 11) is 0. The Bertz CT molecular complexity index is 749. The molecule has 0 unspecified atom stereocenters. The van der Waals surface area contributed by atoms with Crippen molar-refractivity contribution in [3.8, 4) is 0 Å². The zero-order valence-electron chi connectivity index (χ0n) is 14.9. The molecular formula is C20H25N5O. The van der Waals surface area contributed by atoms with E-state index in [4.69, 9.17) is 0 Å². The highest BCUT2D eigenvalue weighted by atomic mass is 16.1. The minimum atomic E-state index is -0.212. The molecule has 136 valence electrons. The lowest BCUT2D eigenvalue weighted by atomic mass is 10.2. The molecule has 0 radical (unpaired) electrons. The molecule has 4 rings (SSSR count). The lowest BCUT2D eigenvalue weighted by Crippen LogP contribution is -2.19. The van der Waals surface area contributed by atoms with Gasteiger partial charge in [-0.2, -0.15) is 0 Å². The number of benzene rings is 1. The number of amides is 1. The number of nitrogens with zero attached hydrogens (tertiary/aromatic N) is 3. The highest BCUT2D eigenvalue weighted by Gasteiger charge is 2.16. The van der Waals surface area contributed by atoms with Crippen LogP contribution in [0.3, 0.4) is 0 Å². The largest absolute Gasteiger partial charge is 0.372 e. The second kappa shape index (κ2) is 7.72. The first-order chi connectivity index (χ1) is 12.8. The number of anilines is 3. The van der Waals surface area contributed by atoms with Crippen LogP contribution >= 0.6 is 0 Å². The molecule has 2 aromatic rings. The van der Waals surface area contributed by atoms with Gasteiger partial charge in [0.1, 0.15) is 17.8 Å². The number of hydrogen-bond acceptors (Lipinski definition) is 5. The normalized spacial score (nSPS) is 17.5. The fraction of sp³-hybridized carbons (Fsp3) is 0.450. The third-order valence-corrected chi connectivity index (χ3v) is 5.20. The average Bonchev–Trinajstić information content (AvgIpc) is 3.36. The summed E-state index contributed by atoms with van der Waals surface area (Å²) in [5, 5.41) is 6.32. The molecule has 1 saturated heterocycles. The van der Waals surface area contributed by atoms with E-state index in [0.29, 0.717) is 11.7 Å². The van der Waals surface area contributed by atoms with Crippen LogP contribution < -0.4 is 15.5 Å². The third kappa shape index (κ3) is 3.95. The fourth-order valence-electron chi connectivity index (χ4n) is 3.77. The summed E-state index contributed by atoms with van der Waals surface area (Å²) >= 11 is 0. The summed E-state index contributed by atoms with van der Waals surface area (Å²) in [5.41, 5.74) is 2.37. The molecule has 0 atom stereocenters. The van der Waals surface area contributed by atoms with Gasteiger partial charge in [-0.3, -0.25) is 4.79 Å². The maximum atomic E-state index is 12.5. The number of rotatable bonds is 5. The number of aromatic nitrogens is 2. The van der Waals surface area contributed by atoms with Gasteiger partial charge in [0, 0.05) is 36.6 Å². The van der Waals surface area contributed by atoms with Gasteiger partial charge in [0.15, 0.2) is 0 Å². The van der Waals surface area contributed by atoms with E-state index in [2.05, 4.69) is 37.6 Å². The monoisotopic (exact) mass is 351 g/mol. The fourth-order valence-corrected chi connectivity index (χ4v) is 3.77. The van der Waals surface area contributed by atoms with Gasteiger partial charge in [-0.1, -0.05) is 12.8 Å². The van der Waals surface area contributed by atoms with Gasteiger partial charge < -0.3 is 15.5 Å². The van der Waals surface area contributed by atoms with Gasteiger partial charge in [-0.15, -0.1) is 0 Å². The van der Waals surface area contributed by atoms with Crippen molar-refractivity contribution in [2.75, 3.05) is 28.6 Å². The van der Waals surface area contributed by atoms with Crippen molar-refractivity contribution in [3.63, 3.8) is 0 Å². The first kappa shape index (κ1) is 16.8. The molecule has 2 fully saturated rings. The van der Waals surface area contributed by atoms with Crippen LogP contribution in [0.25, 0.3) is 0 Å². The molecule has 1 aliphatic heterocycles.